The second-order valence-electron chi connectivity index (χ2n) is 8.21. The molecule has 28 heavy (non-hydrogen) atoms. The number of nitrogens with zero attached hydrogens (tertiary/aromatic N) is 2. The molecule has 4 amide bonds. The first-order valence-corrected chi connectivity index (χ1v) is 9.95. The quantitative estimate of drug-likeness (QED) is 0.747. The molecule has 0 spiro atoms. The largest absolute Gasteiger partial charge is 0.375 e. The van der Waals surface area contributed by atoms with Crippen LogP contribution in [0.3, 0.4) is 0 Å². The molecular formula is C20H24N4O4. The van der Waals surface area contributed by atoms with E-state index in [9.17, 15) is 14.4 Å². The molecule has 8 heteroatoms. The van der Waals surface area contributed by atoms with Crippen molar-refractivity contribution in [1.29, 1.82) is 0 Å². The van der Waals surface area contributed by atoms with Crippen molar-refractivity contribution < 1.29 is 19.1 Å². The maximum Gasteiger partial charge on any atom is 0.329 e. The zero-order chi connectivity index (χ0) is 19.3. The Labute approximate surface area is 163 Å². The molecule has 3 aliphatic heterocycles. The van der Waals surface area contributed by atoms with Crippen LogP contribution < -0.4 is 15.5 Å². The van der Waals surface area contributed by atoms with Gasteiger partial charge < -0.3 is 10.1 Å². The lowest BCUT2D eigenvalue weighted by atomic mass is 10.1. The number of benzene rings is 1. The minimum atomic E-state index is -0.434. The van der Waals surface area contributed by atoms with Crippen molar-refractivity contribution in [2.24, 2.45) is 5.92 Å². The molecule has 5 rings (SSSR count). The van der Waals surface area contributed by atoms with Gasteiger partial charge in [0.25, 0.3) is 5.91 Å². The first-order valence-electron chi connectivity index (χ1n) is 9.95. The van der Waals surface area contributed by atoms with Gasteiger partial charge >= 0.3 is 6.03 Å². The number of morpholine rings is 1. The summed E-state index contributed by atoms with van der Waals surface area (Å²) in [4.78, 5) is 39.5. The molecule has 2 N–H and O–H groups in total. The van der Waals surface area contributed by atoms with Crippen LogP contribution in [0.5, 0.6) is 0 Å². The number of urea groups is 1. The third-order valence-electron chi connectivity index (χ3n) is 6.16. The van der Waals surface area contributed by atoms with Crippen molar-refractivity contribution in [1.82, 2.24) is 15.5 Å². The number of imide groups is 1. The van der Waals surface area contributed by atoms with Gasteiger partial charge in [0.15, 0.2) is 0 Å². The molecule has 0 aromatic heterocycles. The fourth-order valence-electron chi connectivity index (χ4n) is 4.47. The number of hydrogen-bond acceptors (Lipinski definition) is 5. The van der Waals surface area contributed by atoms with E-state index in [1.807, 2.05) is 0 Å². The highest BCUT2D eigenvalue weighted by molar-refractivity contribution is 6.12. The first-order chi connectivity index (χ1) is 13.6. The van der Waals surface area contributed by atoms with E-state index in [-0.39, 0.29) is 24.4 Å². The van der Waals surface area contributed by atoms with E-state index in [1.165, 1.54) is 17.7 Å². The molecule has 148 valence electrons. The van der Waals surface area contributed by atoms with Crippen LogP contribution in [0.1, 0.15) is 29.6 Å². The molecule has 1 aliphatic carbocycles. The maximum absolute atomic E-state index is 12.6. The minimum Gasteiger partial charge on any atom is -0.375 e. The minimum absolute atomic E-state index is 0.00754. The fourth-order valence-corrected chi connectivity index (χ4v) is 4.47. The van der Waals surface area contributed by atoms with E-state index in [2.05, 4.69) is 15.5 Å². The predicted octanol–water partition coefficient (Wildman–Crippen LogP) is 0.724. The molecule has 3 atom stereocenters. The number of carbonyl (C=O) groups excluding carboxylic acids is 3. The highest BCUT2D eigenvalue weighted by Gasteiger charge is 2.42. The summed E-state index contributed by atoms with van der Waals surface area (Å²) < 4.78 is 6.02. The number of amides is 4. The van der Waals surface area contributed by atoms with Gasteiger partial charge in [-0.05, 0) is 49.4 Å². The van der Waals surface area contributed by atoms with E-state index in [4.69, 9.17) is 4.74 Å². The van der Waals surface area contributed by atoms with Crippen molar-refractivity contribution in [3.8, 4) is 0 Å². The highest BCUT2D eigenvalue weighted by Crippen LogP contribution is 2.37. The van der Waals surface area contributed by atoms with Gasteiger partial charge in [-0.3, -0.25) is 24.7 Å². The third-order valence-corrected chi connectivity index (χ3v) is 6.16. The topological polar surface area (TPSA) is 91.0 Å². The number of hydrogen-bond donors (Lipinski definition) is 2. The molecule has 1 saturated carbocycles. The zero-order valence-electron chi connectivity index (χ0n) is 15.6. The van der Waals surface area contributed by atoms with Crippen LogP contribution in [0.25, 0.3) is 0 Å². The molecule has 0 radical (unpaired) electrons. The van der Waals surface area contributed by atoms with Gasteiger partial charge in [0.1, 0.15) is 6.54 Å². The summed E-state index contributed by atoms with van der Waals surface area (Å²) in [6, 6.07) is 6.86. The summed E-state index contributed by atoms with van der Waals surface area (Å²) in [5.74, 6) is 0.302. The molecule has 0 unspecified atom stereocenters. The molecule has 8 nitrogen and oxygen atoms in total. The Morgan fingerprint density at radius 1 is 1.14 bits per heavy atom. The monoisotopic (exact) mass is 384 g/mol. The SMILES string of the molecule is O=C1CN(c2ccc(C(=O)N[C@H]3C[C@H]4CO[C@@H](C5CC5)CN4C3)cc2)C(=O)N1. The Kier molecular flexibility index (Phi) is 4.32. The maximum atomic E-state index is 12.6. The van der Waals surface area contributed by atoms with Crippen LogP contribution in [-0.4, -0.2) is 67.2 Å². The molecule has 0 bridgehead atoms. The van der Waals surface area contributed by atoms with Crippen LogP contribution >= 0.6 is 0 Å². The fraction of sp³-hybridized carbons (Fsp3) is 0.550. The van der Waals surface area contributed by atoms with Crippen LogP contribution in [0.4, 0.5) is 10.5 Å². The Morgan fingerprint density at radius 2 is 1.93 bits per heavy atom. The summed E-state index contributed by atoms with van der Waals surface area (Å²) in [5.41, 5.74) is 1.15. The predicted molar refractivity (Wildman–Crippen MR) is 101 cm³/mol. The van der Waals surface area contributed by atoms with Crippen molar-refractivity contribution in [3.05, 3.63) is 29.8 Å². The summed E-state index contributed by atoms with van der Waals surface area (Å²) in [5, 5.41) is 5.38. The highest BCUT2D eigenvalue weighted by atomic mass is 16.5. The smallest absolute Gasteiger partial charge is 0.329 e. The van der Waals surface area contributed by atoms with Gasteiger partial charge in [-0.2, -0.15) is 0 Å². The molecule has 1 aromatic rings. The molecule has 3 saturated heterocycles. The zero-order valence-corrected chi connectivity index (χ0v) is 15.6. The van der Waals surface area contributed by atoms with Crippen molar-refractivity contribution in [2.45, 2.75) is 37.5 Å². The Balaban J connectivity index is 1.18. The van der Waals surface area contributed by atoms with Gasteiger partial charge in [0.05, 0.1) is 12.7 Å². The van der Waals surface area contributed by atoms with Crippen LogP contribution in [0.15, 0.2) is 24.3 Å². The third kappa shape index (κ3) is 3.38. The van der Waals surface area contributed by atoms with E-state index < -0.39 is 6.03 Å². The first kappa shape index (κ1) is 17.6. The number of anilines is 1. The molecule has 3 heterocycles. The molecule has 4 fully saturated rings. The summed E-state index contributed by atoms with van der Waals surface area (Å²) in [6.07, 6.45) is 3.85. The van der Waals surface area contributed by atoms with E-state index in [0.717, 1.165) is 32.0 Å². The van der Waals surface area contributed by atoms with E-state index >= 15 is 0 Å². The number of rotatable bonds is 4. The van der Waals surface area contributed by atoms with Crippen molar-refractivity contribution in [3.63, 3.8) is 0 Å². The lowest BCUT2D eigenvalue weighted by molar-refractivity contribution is -0.117. The number of carbonyl (C=O) groups is 3. The lowest BCUT2D eigenvalue weighted by Gasteiger charge is -2.35. The van der Waals surface area contributed by atoms with E-state index in [0.29, 0.717) is 23.4 Å². The van der Waals surface area contributed by atoms with Gasteiger partial charge in [-0.15, -0.1) is 0 Å². The average Bonchev–Trinajstić information content (AvgIpc) is 3.37. The van der Waals surface area contributed by atoms with Crippen molar-refractivity contribution in [2.75, 3.05) is 31.1 Å². The lowest BCUT2D eigenvalue weighted by Crippen LogP contribution is -2.47. The van der Waals surface area contributed by atoms with Crippen LogP contribution in [0, 0.1) is 5.92 Å². The standard InChI is InChI=1S/C20H24N4O4/c25-18-10-24(20(27)22-18)15-5-3-13(4-6-15)19(26)21-14-7-16-11-28-17(12-1-2-12)9-23(16)8-14/h3-6,12,14,16-17H,1-2,7-11H2,(H,21,26)(H,22,25,27)/t14-,16-,17+/m0/s1. The summed E-state index contributed by atoms with van der Waals surface area (Å²) in [6.45, 7) is 2.62. The molecular weight excluding hydrogens is 360 g/mol. The van der Waals surface area contributed by atoms with Gasteiger partial charge in [0, 0.05) is 36.4 Å². The Hall–Kier alpha value is -2.45. The van der Waals surface area contributed by atoms with Gasteiger partial charge in [-0.1, -0.05) is 0 Å². The average molecular weight is 384 g/mol. The number of ether oxygens (including phenoxy) is 1. The molecule has 4 aliphatic rings. The second kappa shape index (κ2) is 6.86. The van der Waals surface area contributed by atoms with E-state index in [1.54, 1.807) is 24.3 Å². The normalized spacial score (nSPS) is 30.3. The van der Waals surface area contributed by atoms with Crippen molar-refractivity contribution >= 4 is 23.5 Å². The summed E-state index contributed by atoms with van der Waals surface area (Å²) >= 11 is 0. The van der Waals surface area contributed by atoms with Gasteiger partial charge in [-0.25, -0.2) is 4.79 Å². The van der Waals surface area contributed by atoms with Crippen LogP contribution in [0.2, 0.25) is 0 Å². The Bertz CT molecular complexity index is 807. The number of nitrogens with one attached hydrogen (secondary N) is 2. The number of fused-ring (bicyclic) bond motifs is 1. The van der Waals surface area contributed by atoms with Gasteiger partial charge in [0.2, 0.25) is 5.91 Å². The molecule has 1 aromatic carbocycles. The second-order valence-corrected chi connectivity index (χ2v) is 8.21. The van der Waals surface area contributed by atoms with Crippen LogP contribution in [-0.2, 0) is 9.53 Å². The Morgan fingerprint density at radius 3 is 2.61 bits per heavy atom. The summed E-state index contributed by atoms with van der Waals surface area (Å²) in [7, 11) is 0.